The Morgan fingerprint density at radius 1 is 1.50 bits per heavy atom. The predicted molar refractivity (Wildman–Crippen MR) is 55.2 cm³/mol. The summed E-state index contributed by atoms with van der Waals surface area (Å²) in [6, 6.07) is -0.461. The highest BCUT2D eigenvalue weighted by atomic mass is 16.4. The lowest BCUT2D eigenvalue weighted by atomic mass is 10.2. The Kier molecular flexibility index (Phi) is 3.65. The molecule has 1 aromatic rings. The maximum absolute atomic E-state index is 11.5. The topological polar surface area (TPSA) is 92.4 Å². The van der Waals surface area contributed by atoms with Crippen molar-refractivity contribution < 1.29 is 19.1 Å². The molecule has 1 rings (SSSR count). The van der Waals surface area contributed by atoms with Gasteiger partial charge < -0.3 is 14.8 Å². The maximum atomic E-state index is 11.5. The van der Waals surface area contributed by atoms with Gasteiger partial charge in [-0.2, -0.15) is 0 Å². The quantitative estimate of drug-likeness (QED) is 0.795. The highest BCUT2D eigenvalue weighted by Gasteiger charge is 2.17. The van der Waals surface area contributed by atoms with Crippen molar-refractivity contribution in [3.8, 4) is 0 Å². The van der Waals surface area contributed by atoms with Crippen LogP contribution in [0.3, 0.4) is 0 Å². The van der Waals surface area contributed by atoms with Crippen LogP contribution < -0.4 is 5.32 Å². The summed E-state index contributed by atoms with van der Waals surface area (Å²) in [5.41, 5.74) is 0.649. The highest BCUT2D eigenvalue weighted by Crippen LogP contribution is 2.08. The molecular weight excluding hydrogens is 212 g/mol. The second kappa shape index (κ2) is 4.78. The van der Waals surface area contributed by atoms with Gasteiger partial charge >= 0.3 is 11.9 Å². The minimum Gasteiger partial charge on any atom is -0.481 e. The second-order valence-electron chi connectivity index (χ2n) is 3.63. The summed E-state index contributed by atoms with van der Waals surface area (Å²) in [4.78, 5) is 25.9. The second-order valence-corrected chi connectivity index (χ2v) is 3.63. The van der Waals surface area contributed by atoms with Gasteiger partial charge in [0.05, 0.1) is 12.1 Å². The van der Waals surface area contributed by atoms with Gasteiger partial charge in [-0.25, -0.2) is 4.98 Å². The van der Waals surface area contributed by atoms with E-state index in [9.17, 15) is 9.59 Å². The number of hydrogen-bond donors (Lipinski definition) is 2. The summed E-state index contributed by atoms with van der Waals surface area (Å²) < 4.78 is 5.11. The third-order valence-electron chi connectivity index (χ3n) is 2.08. The van der Waals surface area contributed by atoms with Crippen molar-refractivity contribution in [1.29, 1.82) is 0 Å². The number of aliphatic carboxylic acids is 1. The average molecular weight is 226 g/mol. The molecule has 1 atom stereocenters. The summed E-state index contributed by atoms with van der Waals surface area (Å²) in [6.45, 7) is 5.05. The van der Waals surface area contributed by atoms with Gasteiger partial charge in [-0.1, -0.05) is 0 Å². The van der Waals surface area contributed by atoms with Crippen LogP contribution in [0.1, 0.15) is 35.5 Å². The smallest absolute Gasteiger partial charge is 0.307 e. The Balaban J connectivity index is 2.62. The molecule has 1 amide bonds. The van der Waals surface area contributed by atoms with Crippen LogP contribution in [0.4, 0.5) is 0 Å². The first-order valence-electron chi connectivity index (χ1n) is 4.87. The molecule has 0 aliphatic carbocycles. The zero-order valence-corrected chi connectivity index (χ0v) is 9.40. The van der Waals surface area contributed by atoms with Gasteiger partial charge in [0, 0.05) is 6.04 Å². The summed E-state index contributed by atoms with van der Waals surface area (Å²) >= 11 is 0. The standard InChI is InChI=1S/C10H14N2O4/c1-5(4-8(13)14)11-9(15)10-12-6(2)7(3)16-10/h5H,4H2,1-3H3,(H,11,15)(H,13,14). The van der Waals surface area contributed by atoms with Gasteiger partial charge in [-0.05, 0) is 20.8 Å². The number of rotatable bonds is 4. The Morgan fingerprint density at radius 2 is 2.12 bits per heavy atom. The van der Waals surface area contributed by atoms with E-state index in [1.54, 1.807) is 20.8 Å². The number of hydrogen-bond acceptors (Lipinski definition) is 4. The van der Waals surface area contributed by atoms with Gasteiger partial charge in [-0.3, -0.25) is 9.59 Å². The third kappa shape index (κ3) is 3.08. The fourth-order valence-corrected chi connectivity index (χ4v) is 1.17. The molecule has 1 heterocycles. The minimum absolute atomic E-state index is 0.0350. The Bertz CT molecular complexity index is 391. The number of oxazole rings is 1. The Labute approximate surface area is 92.7 Å². The van der Waals surface area contributed by atoms with Crippen LogP contribution in [0.15, 0.2) is 4.42 Å². The van der Waals surface area contributed by atoms with Gasteiger partial charge in [0.15, 0.2) is 0 Å². The van der Waals surface area contributed by atoms with E-state index < -0.39 is 17.9 Å². The average Bonchev–Trinajstić information content (AvgIpc) is 2.45. The first-order chi connectivity index (χ1) is 7.40. The van der Waals surface area contributed by atoms with Crippen LogP contribution in [-0.2, 0) is 4.79 Å². The van der Waals surface area contributed by atoms with Gasteiger partial charge in [0.25, 0.3) is 5.89 Å². The summed E-state index contributed by atoms with van der Waals surface area (Å²) in [5, 5.41) is 11.0. The summed E-state index contributed by atoms with van der Waals surface area (Å²) in [6.07, 6.45) is -0.135. The molecule has 0 aliphatic heterocycles. The number of nitrogens with zero attached hydrogens (tertiary/aromatic N) is 1. The maximum Gasteiger partial charge on any atom is 0.307 e. The number of aryl methyl sites for hydroxylation is 2. The highest BCUT2D eigenvalue weighted by molar-refractivity contribution is 5.90. The first-order valence-corrected chi connectivity index (χ1v) is 4.87. The molecule has 0 radical (unpaired) electrons. The van der Waals surface area contributed by atoms with Gasteiger partial charge in [0.1, 0.15) is 5.76 Å². The molecule has 0 spiro atoms. The number of carboxylic acids is 1. The molecule has 1 unspecified atom stereocenters. The van der Waals surface area contributed by atoms with Crippen LogP contribution in [0.2, 0.25) is 0 Å². The first kappa shape index (κ1) is 12.2. The lowest BCUT2D eigenvalue weighted by Crippen LogP contribution is -2.34. The molecular formula is C10H14N2O4. The largest absolute Gasteiger partial charge is 0.481 e. The minimum atomic E-state index is -0.965. The molecule has 6 heteroatoms. The molecule has 6 nitrogen and oxygen atoms in total. The van der Waals surface area contributed by atoms with Gasteiger partial charge in [0.2, 0.25) is 0 Å². The van der Waals surface area contributed by atoms with Crippen molar-refractivity contribution in [2.24, 2.45) is 0 Å². The van der Waals surface area contributed by atoms with E-state index in [-0.39, 0.29) is 12.3 Å². The number of amides is 1. The molecule has 1 aromatic heterocycles. The lowest BCUT2D eigenvalue weighted by Gasteiger charge is -2.08. The summed E-state index contributed by atoms with van der Waals surface area (Å²) in [7, 11) is 0. The number of carbonyl (C=O) groups is 2. The SMILES string of the molecule is Cc1nc(C(=O)NC(C)CC(=O)O)oc1C. The monoisotopic (exact) mass is 226 g/mol. The van der Waals surface area contributed by atoms with Crippen molar-refractivity contribution >= 4 is 11.9 Å². The fraction of sp³-hybridized carbons (Fsp3) is 0.500. The van der Waals surface area contributed by atoms with E-state index in [2.05, 4.69) is 10.3 Å². The normalized spacial score (nSPS) is 12.2. The zero-order chi connectivity index (χ0) is 12.3. The van der Waals surface area contributed by atoms with E-state index in [1.165, 1.54) is 0 Å². The lowest BCUT2D eigenvalue weighted by molar-refractivity contribution is -0.137. The molecule has 0 saturated carbocycles. The van der Waals surface area contributed by atoms with E-state index in [1.807, 2.05) is 0 Å². The van der Waals surface area contributed by atoms with E-state index in [4.69, 9.17) is 9.52 Å². The molecule has 0 aromatic carbocycles. The Morgan fingerprint density at radius 3 is 2.56 bits per heavy atom. The third-order valence-corrected chi connectivity index (χ3v) is 2.08. The van der Waals surface area contributed by atoms with Crippen LogP contribution in [0.25, 0.3) is 0 Å². The van der Waals surface area contributed by atoms with E-state index in [0.29, 0.717) is 11.5 Å². The zero-order valence-electron chi connectivity index (χ0n) is 9.40. The molecule has 2 N–H and O–H groups in total. The van der Waals surface area contributed by atoms with E-state index >= 15 is 0 Å². The van der Waals surface area contributed by atoms with Crippen molar-refractivity contribution in [2.75, 3.05) is 0 Å². The van der Waals surface area contributed by atoms with Crippen molar-refractivity contribution in [3.05, 3.63) is 17.3 Å². The molecule has 0 bridgehead atoms. The van der Waals surface area contributed by atoms with Crippen molar-refractivity contribution in [1.82, 2.24) is 10.3 Å². The van der Waals surface area contributed by atoms with Crippen LogP contribution >= 0.6 is 0 Å². The number of aromatic nitrogens is 1. The number of nitrogens with one attached hydrogen (secondary N) is 1. The Hall–Kier alpha value is -1.85. The van der Waals surface area contributed by atoms with Crippen molar-refractivity contribution in [3.63, 3.8) is 0 Å². The van der Waals surface area contributed by atoms with Crippen LogP contribution in [-0.4, -0.2) is 28.0 Å². The molecule has 0 fully saturated rings. The number of carbonyl (C=O) groups excluding carboxylic acids is 1. The predicted octanol–water partition coefficient (Wildman–Crippen LogP) is 0.884. The fourth-order valence-electron chi connectivity index (χ4n) is 1.17. The van der Waals surface area contributed by atoms with Crippen LogP contribution in [0.5, 0.6) is 0 Å². The molecule has 88 valence electrons. The van der Waals surface area contributed by atoms with Crippen molar-refractivity contribution in [2.45, 2.75) is 33.2 Å². The number of carboxylic acid groups (broad SMARTS) is 1. The van der Waals surface area contributed by atoms with Gasteiger partial charge in [-0.15, -0.1) is 0 Å². The van der Waals surface area contributed by atoms with E-state index in [0.717, 1.165) is 0 Å². The van der Waals surface area contributed by atoms with Crippen LogP contribution in [0, 0.1) is 13.8 Å². The molecule has 0 aliphatic rings. The molecule has 0 saturated heterocycles. The summed E-state index contributed by atoms with van der Waals surface area (Å²) in [5.74, 6) is -0.916. The molecule has 16 heavy (non-hydrogen) atoms.